The van der Waals surface area contributed by atoms with Crippen LogP contribution in [0.15, 0.2) is 39.8 Å². The van der Waals surface area contributed by atoms with E-state index in [1.54, 1.807) is 30.6 Å². The summed E-state index contributed by atoms with van der Waals surface area (Å²) in [5, 5.41) is 11.3. The van der Waals surface area contributed by atoms with Crippen molar-refractivity contribution in [1.82, 2.24) is 4.98 Å². The number of carbonyl (C=O) groups excluding carboxylic acids is 1. The van der Waals surface area contributed by atoms with Gasteiger partial charge in [-0.25, -0.2) is 4.79 Å². The smallest absolute Gasteiger partial charge is 0.345 e. The molecule has 0 saturated heterocycles. The van der Waals surface area contributed by atoms with Gasteiger partial charge in [0.2, 0.25) is 0 Å². The largest absolute Gasteiger partial charge is 0.486 e. The van der Waals surface area contributed by atoms with E-state index in [2.05, 4.69) is 11.9 Å². The Kier molecular flexibility index (Phi) is 5.20. The predicted octanol–water partition coefficient (Wildman–Crippen LogP) is 3.89. The number of hydrogen-bond donors (Lipinski definition) is 1. The molecule has 4 rings (SSSR count). The molecule has 3 heterocycles. The lowest BCUT2D eigenvalue weighted by atomic mass is 9.59. The molecule has 2 aromatic rings. The van der Waals surface area contributed by atoms with Gasteiger partial charge in [0.15, 0.2) is 0 Å². The summed E-state index contributed by atoms with van der Waals surface area (Å²) in [6, 6.07) is 5.22. The Bertz CT molecular complexity index is 1050. The number of hydrogen-bond acceptors (Lipinski definition) is 7. The van der Waals surface area contributed by atoms with Gasteiger partial charge in [-0.2, -0.15) is 0 Å². The number of esters is 1. The number of pyridine rings is 1. The van der Waals surface area contributed by atoms with Crippen molar-refractivity contribution in [2.24, 2.45) is 17.8 Å². The first-order valence-corrected chi connectivity index (χ1v) is 10.7. The molecule has 1 fully saturated rings. The highest BCUT2D eigenvalue weighted by Gasteiger charge is 2.56. The summed E-state index contributed by atoms with van der Waals surface area (Å²) >= 11 is 0. The number of fused-ring (bicyclic) bond motifs is 2. The molecule has 166 valence electrons. The molecule has 7 nitrogen and oxygen atoms in total. The second kappa shape index (κ2) is 7.48. The first-order chi connectivity index (χ1) is 14.5. The monoisotopic (exact) mass is 427 g/mol. The number of aromatic nitrogens is 1. The zero-order valence-electron chi connectivity index (χ0n) is 18.5. The first-order valence-electron chi connectivity index (χ1n) is 10.7. The van der Waals surface area contributed by atoms with Gasteiger partial charge >= 0.3 is 11.6 Å². The summed E-state index contributed by atoms with van der Waals surface area (Å²) in [5.74, 6) is 0.111. The van der Waals surface area contributed by atoms with Crippen LogP contribution in [0.5, 0.6) is 5.75 Å². The zero-order chi connectivity index (χ0) is 22.6. The van der Waals surface area contributed by atoms with Crippen molar-refractivity contribution in [3.8, 4) is 17.1 Å². The Morgan fingerprint density at radius 1 is 1.35 bits per heavy atom. The molecule has 7 heteroatoms. The quantitative estimate of drug-likeness (QED) is 0.742. The summed E-state index contributed by atoms with van der Waals surface area (Å²) in [4.78, 5) is 28.5. The van der Waals surface area contributed by atoms with E-state index in [1.807, 2.05) is 20.8 Å². The van der Waals surface area contributed by atoms with Gasteiger partial charge < -0.3 is 19.0 Å². The molecular weight excluding hydrogens is 398 g/mol. The minimum Gasteiger partial charge on any atom is -0.486 e. The normalized spacial score (nSPS) is 30.0. The molecule has 0 unspecified atom stereocenters. The van der Waals surface area contributed by atoms with Gasteiger partial charge in [-0.1, -0.05) is 6.92 Å². The van der Waals surface area contributed by atoms with Crippen LogP contribution in [0.3, 0.4) is 0 Å². The van der Waals surface area contributed by atoms with Crippen molar-refractivity contribution in [1.29, 1.82) is 0 Å². The van der Waals surface area contributed by atoms with Crippen LogP contribution < -0.4 is 10.4 Å². The second-order valence-electron chi connectivity index (χ2n) is 9.52. The van der Waals surface area contributed by atoms with Crippen LogP contribution >= 0.6 is 0 Å². The third kappa shape index (κ3) is 3.65. The maximum atomic E-state index is 12.9. The van der Waals surface area contributed by atoms with Gasteiger partial charge in [-0.15, -0.1) is 0 Å². The van der Waals surface area contributed by atoms with Crippen LogP contribution in [0.25, 0.3) is 11.3 Å². The van der Waals surface area contributed by atoms with E-state index in [4.69, 9.17) is 13.9 Å². The molecule has 1 saturated carbocycles. The predicted molar refractivity (Wildman–Crippen MR) is 113 cm³/mol. The summed E-state index contributed by atoms with van der Waals surface area (Å²) in [5.41, 5.74) is -1.16. The highest BCUT2D eigenvalue weighted by molar-refractivity contribution is 5.66. The highest BCUT2D eigenvalue weighted by atomic mass is 16.6. The maximum absolute atomic E-state index is 12.9. The second-order valence-corrected chi connectivity index (χ2v) is 9.52. The third-order valence-electron chi connectivity index (χ3n) is 7.18. The van der Waals surface area contributed by atoms with E-state index in [9.17, 15) is 14.7 Å². The molecular formula is C24H29NO6. The van der Waals surface area contributed by atoms with E-state index >= 15 is 0 Å². The molecule has 5 atom stereocenters. The highest BCUT2D eigenvalue weighted by Crippen LogP contribution is 2.55. The standard InChI is InChI=1S/C24H29NO6/c1-13-9-16(23(3,4)30-14(2)26)10-17-21(27)20-19(31-24(13,17)5)11-18(29-22(20)28)15-7-6-8-25-12-15/h6-8,11-13,16-17,21,27H,9-10H2,1-5H3/t13-,16+,17-,21-,24+/m0/s1. The van der Waals surface area contributed by atoms with E-state index < -0.39 is 22.9 Å². The van der Waals surface area contributed by atoms with Crippen molar-refractivity contribution < 1.29 is 23.8 Å². The van der Waals surface area contributed by atoms with E-state index in [0.717, 1.165) is 6.42 Å². The topological polar surface area (TPSA) is 98.9 Å². The zero-order valence-corrected chi connectivity index (χ0v) is 18.5. The lowest BCUT2D eigenvalue weighted by Crippen LogP contribution is -2.58. The summed E-state index contributed by atoms with van der Waals surface area (Å²) in [6.45, 7) is 9.26. The molecule has 1 aliphatic heterocycles. The van der Waals surface area contributed by atoms with Crippen LogP contribution in [-0.4, -0.2) is 27.3 Å². The minimum absolute atomic E-state index is 0.0194. The van der Waals surface area contributed by atoms with Crippen LogP contribution in [0.1, 0.15) is 59.1 Å². The van der Waals surface area contributed by atoms with Gasteiger partial charge in [0.25, 0.3) is 0 Å². The molecule has 1 N–H and O–H groups in total. The Balaban J connectivity index is 1.73. The van der Waals surface area contributed by atoms with Crippen molar-refractivity contribution in [2.45, 2.75) is 64.8 Å². The number of ether oxygens (including phenoxy) is 2. The minimum atomic E-state index is -1.04. The summed E-state index contributed by atoms with van der Waals surface area (Å²) in [6.07, 6.45) is 3.55. The number of aliphatic hydroxyl groups is 1. The first kappa shape index (κ1) is 21.6. The van der Waals surface area contributed by atoms with Crippen LogP contribution in [0.4, 0.5) is 0 Å². The van der Waals surface area contributed by atoms with Crippen LogP contribution in [0, 0.1) is 17.8 Å². The number of carbonyl (C=O) groups is 1. The molecule has 0 amide bonds. The fourth-order valence-electron chi connectivity index (χ4n) is 5.22. The van der Waals surface area contributed by atoms with Crippen molar-refractivity contribution in [3.63, 3.8) is 0 Å². The van der Waals surface area contributed by atoms with Crippen molar-refractivity contribution in [3.05, 3.63) is 46.6 Å². The molecule has 0 bridgehead atoms. The number of aliphatic hydroxyl groups excluding tert-OH is 1. The Morgan fingerprint density at radius 2 is 2.10 bits per heavy atom. The molecule has 0 spiro atoms. The Morgan fingerprint density at radius 3 is 2.74 bits per heavy atom. The van der Waals surface area contributed by atoms with Gasteiger partial charge in [-0.05, 0) is 57.6 Å². The molecule has 0 radical (unpaired) electrons. The van der Waals surface area contributed by atoms with Crippen molar-refractivity contribution >= 4 is 5.97 Å². The van der Waals surface area contributed by atoms with Crippen LogP contribution in [0.2, 0.25) is 0 Å². The van der Waals surface area contributed by atoms with Gasteiger partial charge in [0.05, 0.1) is 6.10 Å². The number of rotatable bonds is 3. The third-order valence-corrected chi connectivity index (χ3v) is 7.18. The van der Waals surface area contributed by atoms with E-state index in [0.29, 0.717) is 23.5 Å². The summed E-state index contributed by atoms with van der Waals surface area (Å²) < 4.78 is 17.5. The molecule has 0 aromatic carbocycles. The average Bonchev–Trinajstić information content (AvgIpc) is 2.68. The summed E-state index contributed by atoms with van der Waals surface area (Å²) in [7, 11) is 0. The SMILES string of the molecule is CC(=O)OC(C)(C)[C@@H]1C[C@H](C)[C@@]2(C)Oc3cc(-c4cccnc4)oc(=O)c3[C@@H](O)[C@@H]2C1. The van der Waals surface area contributed by atoms with Crippen LogP contribution in [-0.2, 0) is 9.53 Å². The molecule has 2 aliphatic rings. The fourth-order valence-corrected chi connectivity index (χ4v) is 5.22. The van der Waals surface area contributed by atoms with Gasteiger partial charge in [-0.3, -0.25) is 9.78 Å². The van der Waals surface area contributed by atoms with E-state index in [-0.39, 0.29) is 29.3 Å². The lowest BCUT2D eigenvalue weighted by molar-refractivity contribution is -0.177. The van der Waals surface area contributed by atoms with Gasteiger partial charge in [0, 0.05) is 36.9 Å². The van der Waals surface area contributed by atoms with Gasteiger partial charge in [0.1, 0.15) is 28.3 Å². The Labute approximate surface area is 181 Å². The van der Waals surface area contributed by atoms with E-state index in [1.165, 1.54) is 6.92 Å². The Hall–Kier alpha value is -2.67. The lowest BCUT2D eigenvalue weighted by Gasteiger charge is -2.54. The number of nitrogens with zero attached hydrogens (tertiary/aromatic N) is 1. The average molecular weight is 427 g/mol. The molecule has 2 aromatic heterocycles. The molecule has 31 heavy (non-hydrogen) atoms. The van der Waals surface area contributed by atoms with Crippen molar-refractivity contribution in [2.75, 3.05) is 0 Å². The maximum Gasteiger partial charge on any atom is 0.345 e. The molecule has 1 aliphatic carbocycles. The fraction of sp³-hybridized carbons (Fsp3) is 0.542.